The fourth-order valence-electron chi connectivity index (χ4n) is 3.46. The van der Waals surface area contributed by atoms with Gasteiger partial charge in [-0.05, 0) is 49.2 Å². The number of halogens is 1. The number of nitrogens with one attached hydrogen (secondary N) is 2. The van der Waals surface area contributed by atoms with Crippen molar-refractivity contribution in [3.05, 3.63) is 58.6 Å². The summed E-state index contributed by atoms with van der Waals surface area (Å²) in [6.07, 6.45) is 1.29. The van der Waals surface area contributed by atoms with Gasteiger partial charge in [0.05, 0.1) is 12.7 Å². The van der Waals surface area contributed by atoms with Crippen LogP contribution in [0.15, 0.2) is 42.5 Å². The molecule has 0 aliphatic carbocycles. The van der Waals surface area contributed by atoms with E-state index in [9.17, 15) is 14.4 Å². The predicted octanol–water partition coefficient (Wildman–Crippen LogP) is 3.34. The van der Waals surface area contributed by atoms with Gasteiger partial charge in [-0.2, -0.15) is 0 Å². The summed E-state index contributed by atoms with van der Waals surface area (Å²) in [5, 5.41) is 6.15. The Labute approximate surface area is 180 Å². The summed E-state index contributed by atoms with van der Waals surface area (Å²) in [4.78, 5) is 38.4. The number of hydrogen-bond acceptors (Lipinski definition) is 4. The molecule has 1 heterocycles. The van der Waals surface area contributed by atoms with Crippen molar-refractivity contribution >= 4 is 35.0 Å². The second-order valence-corrected chi connectivity index (χ2v) is 7.58. The maximum absolute atomic E-state index is 12.8. The zero-order valence-electron chi connectivity index (χ0n) is 16.9. The van der Waals surface area contributed by atoms with Gasteiger partial charge in [0.25, 0.3) is 11.8 Å². The summed E-state index contributed by atoms with van der Waals surface area (Å²) in [5.74, 6) is -0.0679. The Balaban J connectivity index is 1.58. The summed E-state index contributed by atoms with van der Waals surface area (Å²) in [6.45, 7) is 2.48. The Morgan fingerprint density at radius 3 is 2.50 bits per heavy atom. The first kappa shape index (κ1) is 21.6. The largest absolute Gasteiger partial charge is 0.496 e. The molecule has 1 saturated heterocycles. The molecule has 0 spiro atoms. The number of hydrogen-bond donors (Lipinski definition) is 2. The van der Waals surface area contributed by atoms with Gasteiger partial charge in [-0.25, -0.2) is 0 Å². The van der Waals surface area contributed by atoms with E-state index in [1.54, 1.807) is 47.4 Å². The minimum Gasteiger partial charge on any atom is -0.496 e. The Morgan fingerprint density at radius 1 is 1.10 bits per heavy atom. The third-order valence-electron chi connectivity index (χ3n) is 4.95. The van der Waals surface area contributed by atoms with Crippen LogP contribution in [0.25, 0.3) is 0 Å². The zero-order valence-corrected chi connectivity index (χ0v) is 17.7. The summed E-state index contributed by atoms with van der Waals surface area (Å²) in [5.41, 5.74) is 1.50. The molecule has 7 nitrogen and oxygen atoms in total. The van der Waals surface area contributed by atoms with Crippen LogP contribution in [0.3, 0.4) is 0 Å². The van der Waals surface area contributed by atoms with Gasteiger partial charge in [0.15, 0.2) is 0 Å². The molecular weight excluding hydrogens is 406 g/mol. The van der Waals surface area contributed by atoms with Gasteiger partial charge in [-0.3, -0.25) is 14.4 Å². The summed E-state index contributed by atoms with van der Waals surface area (Å²) in [6, 6.07) is 11.7. The van der Waals surface area contributed by atoms with Crippen LogP contribution in [0.5, 0.6) is 5.75 Å². The lowest BCUT2D eigenvalue weighted by molar-refractivity contribution is -0.114. The van der Waals surface area contributed by atoms with Crippen molar-refractivity contribution in [1.82, 2.24) is 10.2 Å². The highest BCUT2D eigenvalue weighted by atomic mass is 35.5. The number of ether oxygens (including phenoxy) is 1. The molecule has 1 fully saturated rings. The number of anilines is 1. The Morgan fingerprint density at radius 2 is 1.83 bits per heavy atom. The van der Waals surface area contributed by atoms with Crippen LogP contribution in [0.1, 0.15) is 40.5 Å². The van der Waals surface area contributed by atoms with Crippen LogP contribution in [-0.4, -0.2) is 48.9 Å². The molecule has 0 bridgehead atoms. The highest BCUT2D eigenvalue weighted by Crippen LogP contribution is 2.23. The number of amides is 3. The van der Waals surface area contributed by atoms with Gasteiger partial charge in [0.2, 0.25) is 5.91 Å². The van der Waals surface area contributed by atoms with Crippen LogP contribution in [0.4, 0.5) is 5.69 Å². The molecule has 3 rings (SSSR count). The molecule has 2 aromatic carbocycles. The SMILES string of the molecule is COc1ccc(Cl)cc1C(=O)NC1CCN(C(=O)c2cccc(NC(C)=O)c2)CC1. The van der Waals surface area contributed by atoms with Gasteiger partial charge >= 0.3 is 0 Å². The standard InChI is InChI=1S/C22H24ClN3O4/c1-14(27)24-18-5-3-4-15(12-18)22(29)26-10-8-17(9-11-26)25-21(28)19-13-16(23)6-7-20(19)30-2/h3-7,12-13,17H,8-11H2,1-2H3,(H,24,27)(H,25,28). The molecule has 0 saturated carbocycles. The summed E-state index contributed by atoms with van der Waals surface area (Å²) in [7, 11) is 1.51. The quantitative estimate of drug-likeness (QED) is 0.763. The number of nitrogens with zero attached hydrogens (tertiary/aromatic N) is 1. The van der Waals surface area contributed by atoms with Crippen LogP contribution in [0.2, 0.25) is 5.02 Å². The first-order chi connectivity index (χ1) is 14.4. The number of carbonyl (C=O) groups is 3. The molecule has 2 aromatic rings. The average Bonchev–Trinajstić information content (AvgIpc) is 2.73. The van der Waals surface area contributed by atoms with Gasteiger partial charge in [-0.15, -0.1) is 0 Å². The first-order valence-electron chi connectivity index (χ1n) is 9.68. The second-order valence-electron chi connectivity index (χ2n) is 7.15. The van der Waals surface area contributed by atoms with Gasteiger partial charge < -0.3 is 20.3 Å². The molecule has 0 unspecified atom stereocenters. The molecule has 158 valence electrons. The van der Waals surface area contributed by atoms with Gasteiger partial charge in [0.1, 0.15) is 5.75 Å². The van der Waals surface area contributed by atoms with E-state index >= 15 is 0 Å². The molecule has 0 radical (unpaired) electrons. The smallest absolute Gasteiger partial charge is 0.255 e. The maximum Gasteiger partial charge on any atom is 0.255 e. The Kier molecular flexibility index (Phi) is 6.95. The second kappa shape index (κ2) is 9.63. The molecule has 30 heavy (non-hydrogen) atoms. The lowest BCUT2D eigenvalue weighted by atomic mass is 10.0. The van der Waals surface area contributed by atoms with E-state index in [1.165, 1.54) is 14.0 Å². The minimum absolute atomic E-state index is 0.0454. The predicted molar refractivity (Wildman–Crippen MR) is 115 cm³/mol. The van der Waals surface area contributed by atoms with E-state index in [0.29, 0.717) is 53.5 Å². The van der Waals surface area contributed by atoms with E-state index < -0.39 is 0 Å². The van der Waals surface area contributed by atoms with Gasteiger partial charge in [0, 0.05) is 42.3 Å². The van der Waals surface area contributed by atoms with Crippen molar-refractivity contribution < 1.29 is 19.1 Å². The maximum atomic E-state index is 12.8. The zero-order chi connectivity index (χ0) is 21.7. The van der Waals surface area contributed by atoms with Crippen LogP contribution in [-0.2, 0) is 4.79 Å². The molecule has 2 N–H and O–H groups in total. The lowest BCUT2D eigenvalue weighted by Crippen LogP contribution is -2.46. The third-order valence-corrected chi connectivity index (χ3v) is 5.19. The number of carbonyl (C=O) groups excluding carboxylic acids is 3. The molecule has 0 atom stereocenters. The Hall–Kier alpha value is -3.06. The van der Waals surface area contributed by atoms with E-state index in [0.717, 1.165) is 0 Å². The van der Waals surface area contributed by atoms with Crippen molar-refractivity contribution in [3.63, 3.8) is 0 Å². The number of methoxy groups -OCH3 is 1. The van der Waals surface area contributed by atoms with Crippen molar-refractivity contribution in [1.29, 1.82) is 0 Å². The highest BCUT2D eigenvalue weighted by Gasteiger charge is 2.26. The van der Waals surface area contributed by atoms with Crippen LogP contribution in [0, 0.1) is 0 Å². The first-order valence-corrected chi connectivity index (χ1v) is 10.1. The highest BCUT2D eigenvalue weighted by molar-refractivity contribution is 6.31. The lowest BCUT2D eigenvalue weighted by Gasteiger charge is -2.32. The van der Waals surface area contributed by atoms with Crippen LogP contribution < -0.4 is 15.4 Å². The molecular formula is C22H24ClN3O4. The summed E-state index contributed by atoms with van der Waals surface area (Å²) >= 11 is 6.01. The number of benzene rings is 2. The molecule has 1 aliphatic heterocycles. The molecule has 3 amide bonds. The summed E-state index contributed by atoms with van der Waals surface area (Å²) < 4.78 is 5.24. The monoisotopic (exact) mass is 429 g/mol. The molecule has 0 aromatic heterocycles. The van der Waals surface area contributed by atoms with E-state index in [4.69, 9.17) is 16.3 Å². The van der Waals surface area contributed by atoms with Crippen LogP contribution >= 0.6 is 11.6 Å². The van der Waals surface area contributed by atoms with Crippen molar-refractivity contribution in [2.45, 2.75) is 25.8 Å². The number of likely N-dealkylation sites (tertiary alicyclic amines) is 1. The molecule has 8 heteroatoms. The Bertz CT molecular complexity index is 955. The van der Waals surface area contributed by atoms with Crippen molar-refractivity contribution in [2.75, 3.05) is 25.5 Å². The third kappa shape index (κ3) is 5.30. The van der Waals surface area contributed by atoms with Gasteiger partial charge in [-0.1, -0.05) is 17.7 Å². The van der Waals surface area contributed by atoms with Crippen molar-refractivity contribution in [3.8, 4) is 5.75 Å². The number of piperidine rings is 1. The van der Waals surface area contributed by atoms with E-state index in [-0.39, 0.29) is 23.8 Å². The minimum atomic E-state index is -0.248. The van der Waals surface area contributed by atoms with Crippen molar-refractivity contribution in [2.24, 2.45) is 0 Å². The van der Waals surface area contributed by atoms with E-state index in [2.05, 4.69) is 10.6 Å². The molecule has 1 aliphatic rings. The average molecular weight is 430 g/mol. The normalized spacial score (nSPS) is 14.2. The van der Waals surface area contributed by atoms with E-state index in [1.807, 2.05) is 0 Å². The topological polar surface area (TPSA) is 87.7 Å². The fraction of sp³-hybridized carbons (Fsp3) is 0.318. The fourth-order valence-corrected chi connectivity index (χ4v) is 3.64. The number of rotatable bonds is 5.